The zero-order chi connectivity index (χ0) is 25.3. The number of hydrogen-bond acceptors (Lipinski definition) is 2. The lowest BCUT2D eigenvalue weighted by atomic mass is 9.89. The summed E-state index contributed by atoms with van der Waals surface area (Å²) in [5.41, 5.74) is -2.12. The van der Waals surface area contributed by atoms with Gasteiger partial charge in [0.2, 0.25) is 0 Å². The molecule has 0 aromatic heterocycles. The molecule has 1 saturated heterocycles. The molecule has 2 aromatic carbocycles. The number of rotatable bonds is 4. The predicted molar refractivity (Wildman–Crippen MR) is 116 cm³/mol. The van der Waals surface area contributed by atoms with Crippen LogP contribution in [0.2, 0.25) is 0 Å². The Morgan fingerprint density at radius 3 is 2.00 bits per heavy atom. The van der Waals surface area contributed by atoms with Gasteiger partial charge in [0.25, 0.3) is 0 Å². The number of amides is 2. The summed E-state index contributed by atoms with van der Waals surface area (Å²) in [7, 11) is 5.22. The van der Waals surface area contributed by atoms with Crippen molar-refractivity contribution in [3.8, 4) is 0 Å². The largest absolute Gasteiger partial charge is 0.416 e. The smallest absolute Gasteiger partial charge is 0.323 e. The van der Waals surface area contributed by atoms with Crippen LogP contribution in [-0.4, -0.2) is 54.5 Å². The van der Waals surface area contributed by atoms with Crippen LogP contribution in [-0.2, 0) is 18.9 Å². The lowest BCUT2D eigenvalue weighted by Crippen LogP contribution is -2.53. The molecular weight excluding hydrogens is 460 g/mol. The van der Waals surface area contributed by atoms with Gasteiger partial charge in [0.05, 0.1) is 17.2 Å². The number of likely N-dealkylation sites (tertiary alicyclic amines) is 1. The molecular formula is C24H27F6N3O. The van der Waals surface area contributed by atoms with Gasteiger partial charge >= 0.3 is 18.4 Å². The van der Waals surface area contributed by atoms with Crippen LogP contribution in [0.5, 0.6) is 0 Å². The maximum atomic E-state index is 13.4. The first-order chi connectivity index (χ1) is 15.8. The average molecular weight is 487 g/mol. The third-order valence-electron chi connectivity index (χ3n) is 6.04. The summed E-state index contributed by atoms with van der Waals surface area (Å²) in [5, 5.41) is 0. The fourth-order valence-electron chi connectivity index (χ4n) is 4.45. The van der Waals surface area contributed by atoms with E-state index in [0.717, 1.165) is 18.4 Å². The second-order valence-corrected chi connectivity index (χ2v) is 8.77. The summed E-state index contributed by atoms with van der Waals surface area (Å²) in [4.78, 5) is 18.3. The minimum atomic E-state index is -4.94. The first-order valence-corrected chi connectivity index (χ1v) is 10.8. The maximum absolute atomic E-state index is 13.4. The Bertz CT molecular complexity index is 958. The number of alkyl halides is 6. The molecule has 0 bridgehead atoms. The van der Waals surface area contributed by atoms with Gasteiger partial charge in [-0.25, -0.2) is 4.79 Å². The Morgan fingerprint density at radius 2 is 1.50 bits per heavy atom. The molecule has 2 atom stereocenters. The Balaban J connectivity index is 1.91. The lowest BCUT2D eigenvalue weighted by molar-refractivity contribution is -0.143. The summed E-state index contributed by atoms with van der Waals surface area (Å²) in [6, 6.07) is 10.1. The number of nitrogens with zero attached hydrogens (tertiary/aromatic N) is 3. The zero-order valence-electron chi connectivity index (χ0n) is 19.1. The predicted octanol–water partition coefficient (Wildman–Crippen LogP) is 6.04. The highest BCUT2D eigenvalue weighted by molar-refractivity contribution is 5.75. The van der Waals surface area contributed by atoms with Crippen molar-refractivity contribution in [3.63, 3.8) is 0 Å². The van der Waals surface area contributed by atoms with Crippen molar-refractivity contribution in [3.05, 3.63) is 70.8 Å². The first kappa shape index (κ1) is 25.9. The highest BCUT2D eigenvalue weighted by Gasteiger charge is 2.39. The van der Waals surface area contributed by atoms with Crippen LogP contribution in [0.4, 0.5) is 31.1 Å². The van der Waals surface area contributed by atoms with E-state index in [9.17, 15) is 31.1 Å². The van der Waals surface area contributed by atoms with Crippen molar-refractivity contribution in [2.75, 3.05) is 27.7 Å². The summed E-state index contributed by atoms with van der Waals surface area (Å²) in [6.07, 6.45) is -8.30. The number of halogens is 6. The van der Waals surface area contributed by atoms with Crippen molar-refractivity contribution >= 4 is 6.03 Å². The monoisotopic (exact) mass is 487 g/mol. The number of hydrogen-bond donors (Lipinski definition) is 0. The second-order valence-electron chi connectivity index (χ2n) is 8.77. The van der Waals surface area contributed by atoms with Crippen LogP contribution < -0.4 is 0 Å². The molecule has 0 radical (unpaired) electrons. The molecule has 2 aromatic rings. The zero-order valence-corrected chi connectivity index (χ0v) is 19.1. The summed E-state index contributed by atoms with van der Waals surface area (Å²) >= 11 is 0. The maximum Gasteiger partial charge on any atom is 0.416 e. The third kappa shape index (κ3) is 5.84. The molecule has 186 valence electrons. The summed E-state index contributed by atoms with van der Waals surface area (Å²) in [6.45, 7) is 0.0416. The van der Waals surface area contributed by atoms with Gasteiger partial charge < -0.3 is 14.7 Å². The molecule has 0 N–H and O–H groups in total. The van der Waals surface area contributed by atoms with Gasteiger partial charge in [-0.05, 0) is 56.3 Å². The Labute approximate surface area is 194 Å². The highest BCUT2D eigenvalue weighted by Crippen LogP contribution is 2.37. The molecule has 1 heterocycles. The molecule has 1 aliphatic heterocycles. The topological polar surface area (TPSA) is 26.8 Å². The van der Waals surface area contributed by atoms with Gasteiger partial charge in [-0.15, -0.1) is 0 Å². The second kappa shape index (κ2) is 9.85. The number of carbonyl (C=O) groups is 1. The summed E-state index contributed by atoms with van der Waals surface area (Å²) in [5.74, 6) is 0. The molecule has 0 spiro atoms. The molecule has 0 aliphatic carbocycles. The molecule has 0 saturated carbocycles. The van der Waals surface area contributed by atoms with Gasteiger partial charge in [-0.1, -0.05) is 30.3 Å². The molecule has 3 rings (SSSR count). The van der Waals surface area contributed by atoms with Crippen LogP contribution in [0, 0.1) is 0 Å². The molecule has 1 fully saturated rings. The number of urea groups is 1. The molecule has 2 amide bonds. The van der Waals surface area contributed by atoms with Crippen molar-refractivity contribution < 1.29 is 31.1 Å². The highest BCUT2D eigenvalue weighted by atomic mass is 19.4. The fourth-order valence-corrected chi connectivity index (χ4v) is 4.45. The SMILES string of the molecule is CN(Cc1cc(C(F)(F)F)cc(C(F)(F)F)c1)C(=O)N1CCCC(N(C)C)C1c1ccccc1. The molecule has 1 aliphatic rings. The number of piperidine rings is 1. The standard InChI is InChI=1S/C24H27F6N3O/c1-31(2)20-10-7-11-33(21(20)17-8-5-4-6-9-17)22(34)32(3)15-16-12-18(23(25,26)27)14-19(13-16)24(28,29)30/h4-6,8-9,12-14,20-21H,7,10-11,15H2,1-3H3. The van der Waals surface area contributed by atoms with Gasteiger partial charge in [-0.3, -0.25) is 0 Å². The van der Waals surface area contributed by atoms with Crippen LogP contribution >= 0.6 is 0 Å². The molecule has 34 heavy (non-hydrogen) atoms. The lowest BCUT2D eigenvalue weighted by Gasteiger charge is -2.45. The van der Waals surface area contributed by atoms with E-state index >= 15 is 0 Å². The first-order valence-electron chi connectivity index (χ1n) is 10.8. The van der Waals surface area contributed by atoms with E-state index in [4.69, 9.17) is 0 Å². The van der Waals surface area contributed by atoms with Gasteiger partial charge in [-0.2, -0.15) is 26.3 Å². The number of carbonyl (C=O) groups excluding carboxylic acids is 1. The van der Waals surface area contributed by atoms with Crippen LogP contribution in [0.1, 0.15) is 41.1 Å². The quantitative estimate of drug-likeness (QED) is 0.492. The van der Waals surface area contributed by atoms with Crippen LogP contribution in [0.3, 0.4) is 0 Å². The molecule has 4 nitrogen and oxygen atoms in total. The van der Waals surface area contributed by atoms with E-state index in [1.807, 2.05) is 49.3 Å². The van der Waals surface area contributed by atoms with E-state index in [-0.39, 0.29) is 23.7 Å². The van der Waals surface area contributed by atoms with Gasteiger partial charge in [0.15, 0.2) is 0 Å². The third-order valence-corrected chi connectivity index (χ3v) is 6.04. The van der Waals surface area contributed by atoms with E-state index < -0.39 is 36.1 Å². The minimum absolute atomic E-state index is 0.0129. The Hall–Kier alpha value is -2.75. The van der Waals surface area contributed by atoms with Gasteiger partial charge in [0, 0.05) is 26.2 Å². The van der Waals surface area contributed by atoms with E-state index in [0.29, 0.717) is 18.7 Å². The van der Waals surface area contributed by atoms with E-state index in [2.05, 4.69) is 0 Å². The van der Waals surface area contributed by atoms with Crippen LogP contribution in [0.15, 0.2) is 48.5 Å². The van der Waals surface area contributed by atoms with Crippen molar-refractivity contribution in [2.24, 2.45) is 0 Å². The minimum Gasteiger partial charge on any atom is -0.323 e. The van der Waals surface area contributed by atoms with Crippen LogP contribution in [0.25, 0.3) is 0 Å². The summed E-state index contributed by atoms with van der Waals surface area (Å²) < 4.78 is 79.3. The fraction of sp³-hybridized carbons (Fsp3) is 0.458. The molecule has 10 heteroatoms. The Kier molecular flexibility index (Phi) is 7.50. The normalized spacial score (nSPS) is 19.4. The van der Waals surface area contributed by atoms with Crippen molar-refractivity contribution in [1.82, 2.24) is 14.7 Å². The Morgan fingerprint density at radius 1 is 0.941 bits per heavy atom. The van der Waals surface area contributed by atoms with E-state index in [1.54, 1.807) is 4.90 Å². The molecule has 2 unspecified atom stereocenters. The van der Waals surface area contributed by atoms with Gasteiger partial charge in [0.1, 0.15) is 0 Å². The van der Waals surface area contributed by atoms with Crippen molar-refractivity contribution in [2.45, 2.75) is 43.8 Å². The van der Waals surface area contributed by atoms with E-state index in [1.165, 1.54) is 11.9 Å². The number of benzene rings is 2. The average Bonchev–Trinajstić information content (AvgIpc) is 2.77. The van der Waals surface area contributed by atoms with Crippen molar-refractivity contribution in [1.29, 1.82) is 0 Å². The number of likely N-dealkylation sites (N-methyl/N-ethyl adjacent to an activating group) is 1.